The van der Waals surface area contributed by atoms with Gasteiger partial charge in [0, 0.05) is 12.3 Å². The molecular formula is C10H9FN2O2. The maximum Gasteiger partial charge on any atom is 0.356 e. The third-order valence-electron chi connectivity index (χ3n) is 1.45. The van der Waals surface area contributed by atoms with Gasteiger partial charge in [0.15, 0.2) is 0 Å². The van der Waals surface area contributed by atoms with Gasteiger partial charge < -0.3 is 0 Å². The summed E-state index contributed by atoms with van der Waals surface area (Å²) < 4.78 is 11.9. The van der Waals surface area contributed by atoms with Crippen molar-refractivity contribution in [2.24, 2.45) is 0 Å². The van der Waals surface area contributed by atoms with E-state index in [1.807, 2.05) is 36.4 Å². The standard InChI is InChI=1S/C6H6.C4H3FN2O2/c1-2-4-6-5-3-1;5-7-2-1-3(8)6-4(7)9/h1-6H;1-2H,(H,6,8,9). The molecule has 0 radical (unpaired) electrons. The van der Waals surface area contributed by atoms with Crippen LogP contribution >= 0.6 is 0 Å². The van der Waals surface area contributed by atoms with Crippen LogP contribution in [-0.4, -0.2) is 9.77 Å². The Balaban J connectivity index is 0.000000162. The van der Waals surface area contributed by atoms with Crippen molar-refractivity contribution in [2.75, 3.05) is 0 Å². The van der Waals surface area contributed by atoms with E-state index < -0.39 is 11.2 Å². The van der Waals surface area contributed by atoms with Crippen LogP contribution in [0.3, 0.4) is 0 Å². The predicted octanol–water partition coefficient (Wildman–Crippen LogP) is 0.956. The molecule has 0 amide bonds. The smallest absolute Gasteiger partial charge is 0.272 e. The van der Waals surface area contributed by atoms with Crippen molar-refractivity contribution in [1.82, 2.24) is 9.77 Å². The molecule has 0 spiro atoms. The van der Waals surface area contributed by atoms with E-state index in [0.29, 0.717) is 0 Å². The van der Waals surface area contributed by atoms with Gasteiger partial charge in [0.05, 0.1) is 0 Å². The van der Waals surface area contributed by atoms with Gasteiger partial charge in [-0.3, -0.25) is 9.78 Å². The van der Waals surface area contributed by atoms with Crippen LogP contribution in [0.5, 0.6) is 0 Å². The normalized spacial score (nSPS) is 8.87. The van der Waals surface area contributed by atoms with Crippen LogP contribution < -0.4 is 11.2 Å². The van der Waals surface area contributed by atoms with Crippen LogP contribution in [0.15, 0.2) is 58.3 Å². The zero-order chi connectivity index (χ0) is 11.1. The first-order chi connectivity index (χ1) is 7.20. The maximum absolute atomic E-state index is 11.9. The molecule has 0 fully saturated rings. The molecule has 4 nitrogen and oxygen atoms in total. The van der Waals surface area contributed by atoms with Gasteiger partial charge in [-0.25, -0.2) is 4.79 Å². The second-order valence-corrected chi connectivity index (χ2v) is 2.58. The van der Waals surface area contributed by atoms with Crippen LogP contribution in [0.2, 0.25) is 0 Å². The van der Waals surface area contributed by atoms with Gasteiger partial charge in [0.1, 0.15) is 0 Å². The van der Waals surface area contributed by atoms with E-state index in [1.165, 1.54) is 0 Å². The van der Waals surface area contributed by atoms with Gasteiger partial charge >= 0.3 is 5.69 Å². The molecule has 15 heavy (non-hydrogen) atoms. The zero-order valence-corrected chi connectivity index (χ0v) is 7.76. The largest absolute Gasteiger partial charge is 0.356 e. The number of nitrogens with one attached hydrogen (secondary N) is 1. The van der Waals surface area contributed by atoms with E-state index in [4.69, 9.17) is 0 Å². The van der Waals surface area contributed by atoms with E-state index in [9.17, 15) is 14.1 Å². The average Bonchev–Trinajstić information content (AvgIpc) is 2.27. The van der Waals surface area contributed by atoms with Crippen LogP contribution in [0.1, 0.15) is 0 Å². The minimum absolute atomic E-state index is 0.207. The number of halogens is 1. The van der Waals surface area contributed by atoms with Crippen molar-refractivity contribution in [1.29, 1.82) is 0 Å². The second-order valence-electron chi connectivity index (χ2n) is 2.58. The number of aromatic amines is 1. The third-order valence-corrected chi connectivity index (χ3v) is 1.45. The minimum Gasteiger partial charge on any atom is -0.272 e. The molecule has 1 aromatic carbocycles. The second kappa shape index (κ2) is 5.54. The summed E-state index contributed by atoms with van der Waals surface area (Å²) in [5, 5.41) is 0. The van der Waals surface area contributed by atoms with Gasteiger partial charge in [-0.2, -0.15) is 0 Å². The van der Waals surface area contributed by atoms with Crippen molar-refractivity contribution >= 4 is 0 Å². The van der Waals surface area contributed by atoms with Crippen LogP contribution in [-0.2, 0) is 0 Å². The summed E-state index contributed by atoms with van der Waals surface area (Å²) in [5.41, 5.74) is -1.66. The number of aromatic nitrogens is 2. The summed E-state index contributed by atoms with van der Waals surface area (Å²) in [7, 11) is 0. The SMILES string of the molecule is O=c1ccn(F)c(=O)[nH]1.c1ccccc1. The molecule has 0 aliphatic rings. The Morgan fingerprint density at radius 2 is 1.47 bits per heavy atom. The fourth-order valence-electron chi connectivity index (χ4n) is 0.786. The van der Waals surface area contributed by atoms with Crippen molar-refractivity contribution in [3.63, 3.8) is 0 Å². The van der Waals surface area contributed by atoms with Gasteiger partial charge in [-0.05, 0) is 0 Å². The van der Waals surface area contributed by atoms with Gasteiger partial charge in [-0.15, -0.1) is 4.79 Å². The molecule has 0 unspecified atom stereocenters. The number of H-pyrrole nitrogens is 1. The predicted molar refractivity (Wildman–Crippen MR) is 54.3 cm³/mol. The van der Waals surface area contributed by atoms with Crippen molar-refractivity contribution in [3.05, 3.63) is 69.5 Å². The van der Waals surface area contributed by atoms with Crippen molar-refractivity contribution in [2.45, 2.75) is 0 Å². The fourth-order valence-corrected chi connectivity index (χ4v) is 0.786. The molecule has 0 atom stereocenters. The molecule has 0 saturated carbocycles. The lowest BCUT2D eigenvalue weighted by molar-refractivity contribution is 0.343. The van der Waals surface area contributed by atoms with Gasteiger partial charge in [-0.1, -0.05) is 40.9 Å². The quantitative estimate of drug-likeness (QED) is 0.701. The topological polar surface area (TPSA) is 54.9 Å². The lowest BCUT2D eigenvalue weighted by Gasteiger charge is -1.84. The maximum atomic E-state index is 11.9. The van der Waals surface area contributed by atoms with E-state index in [-0.39, 0.29) is 4.79 Å². The molecule has 0 saturated heterocycles. The molecule has 78 valence electrons. The molecule has 2 rings (SSSR count). The molecule has 1 aromatic heterocycles. The summed E-state index contributed by atoms with van der Waals surface area (Å²) in [4.78, 5) is 21.9. The van der Waals surface area contributed by atoms with E-state index in [1.54, 1.807) is 4.98 Å². The molecule has 0 bridgehead atoms. The Hall–Kier alpha value is -2.17. The van der Waals surface area contributed by atoms with E-state index >= 15 is 0 Å². The Morgan fingerprint density at radius 1 is 1.00 bits per heavy atom. The first-order valence-electron chi connectivity index (χ1n) is 4.18. The highest BCUT2D eigenvalue weighted by Gasteiger charge is 1.89. The number of benzene rings is 1. The summed E-state index contributed by atoms with van der Waals surface area (Å²) >= 11 is 0. The molecule has 1 heterocycles. The Labute approximate surface area is 84.6 Å². The molecule has 2 aromatic rings. The molecule has 5 heteroatoms. The zero-order valence-electron chi connectivity index (χ0n) is 7.76. The highest BCUT2D eigenvalue weighted by Crippen LogP contribution is 1.79. The van der Waals surface area contributed by atoms with Crippen molar-refractivity contribution < 1.29 is 4.48 Å². The summed E-state index contributed by atoms with van der Waals surface area (Å²) in [5.74, 6) is 0. The lowest BCUT2D eigenvalue weighted by Crippen LogP contribution is -2.24. The summed E-state index contributed by atoms with van der Waals surface area (Å²) in [6.45, 7) is 0. The molecule has 0 aliphatic heterocycles. The average molecular weight is 208 g/mol. The summed E-state index contributed by atoms with van der Waals surface area (Å²) in [6, 6.07) is 12.9. The number of hydrogen-bond acceptors (Lipinski definition) is 2. The Morgan fingerprint density at radius 3 is 1.80 bits per heavy atom. The highest BCUT2D eigenvalue weighted by atomic mass is 19.2. The number of rotatable bonds is 0. The molecule has 1 N–H and O–H groups in total. The van der Waals surface area contributed by atoms with E-state index in [2.05, 4.69) is 0 Å². The fraction of sp³-hybridized carbons (Fsp3) is 0. The molecule has 0 aliphatic carbocycles. The van der Waals surface area contributed by atoms with Gasteiger partial charge in [0.25, 0.3) is 5.56 Å². The monoisotopic (exact) mass is 208 g/mol. The third kappa shape index (κ3) is 4.04. The lowest BCUT2D eigenvalue weighted by atomic mass is 10.4. The van der Waals surface area contributed by atoms with E-state index in [0.717, 1.165) is 12.3 Å². The number of hydrogen-bond donors (Lipinski definition) is 1. The van der Waals surface area contributed by atoms with Crippen LogP contribution in [0, 0.1) is 0 Å². The highest BCUT2D eigenvalue weighted by molar-refractivity contribution is 4.99. The first-order valence-corrected chi connectivity index (χ1v) is 4.18. The minimum atomic E-state index is -1.05. The van der Waals surface area contributed by atoms with Gasteiger partial charge in [0.2, 0.25) is 0 Å². The summed E-state index contributed by atoms with van der Waals surface area (Å²) in [6.07, 6.45) is 0.751. The van der Waals surface area contributed by atoms with Crippen LogP contribution in [0.25, 0.3) is 0 Å². The Bertz CT molecular complexity index is 478. The van der Waals surface area contributed by atoms with Crippen molar-refractivity contribution in [3.8, 4) is 0 Å². The van der Waals surface area contributed by atoms with Crippen LogP contribution in [0.4, 0.5) is 4.48 Å². The molecular weight excluding hydrogens is 199 g/mol. The number of nitrogens with zero attached hydrogens (tertiary/aromatic N) is 1. The first kappa shape index (κ1) is 10.9. The Kier molecular flexibility index (Phi) is 4.03.